The summed E-state index contributed by atoms with van der Waals surface area (Å²) in [6, 6.07) is 2.94. The third-order valence-corrected chi connectivity index (χ3v) is 3.89. The van der Waals surface area contributed by atoms with Crippen molar-refractivity contribution >= 4 is 5.88 Å². The van der Waals surface area contributed by atoms with Gasteiger partial charge in [0.15, 0.2) is 0 Å². The molecule has 0 radical (unpaired) electrons. The lowest BCUT2D eigenvalue weighted by molar-refractivity contribution is -0.402. The fraction of sp³-hybridized carbons (Fsp3) is 0.467. The van der Waals surface area contributed by atoms with E-state index < -0.39 is 4.92 Å². The van der Waals surface area contributed by atoms with E-state index >= 15 is 0 Å². The van der Waals surface area contributed by atoms with Crippen LogP contribution in [0.15, 0.2) is 21.3 Å². The van der Waals surface area contributed by atoms with Crippen molar-refractivity contribution in [1.29, 1.82) is 0 Å². The second-order valence-electron chi connectivity index (χ2n) is 5.65. The van der Waals surface area contributed by atoms with Gasteiger partial charge in [0.05, 0.1) is 23.9 Å². The molecular formula is C15H18N4O4. The minimum atomic E-state index is -0.557. The zero-order valence-corrected chi connectivity index (χ0v) is 12.9. The van der Waals surface area contributed by atoms with Gasteiger partial charge in [0.2, 0.25) is 0 Å². The van der Waals surface area contributed by atoms with Gasteiger partial charge in [-0.15, -0.1) is 0 Å². The standard InChI is InChI=1S/C15H18N4O4/c1-2-3-13-16-12-6-7-18(9-11(12)15(20)17-13)8-10-4-5-14(23-10)19(21)22/h4-5H,2-3,6-9H2,1H3,(H,16,17,20). The molecule has 8 nitrogen and oxygen atoms in total. The maximum absolute atomic E-state index is 12.2. The normalized spacial score (nSPS) is 14.7. The summed E-state index contributed by atoms with van der Waals surface area (Å²) < 4.78 is 5.17. The van der Waals surface area contributed by atoms with Gasteiger partial charge in [-0.1, -0.05) is 6.92 Å². The van der Waals surface area contributed by atoms with Crippen LogP contribution in [-0.2, 0) is 25.9 Å². The first kappa shape index (κ1) is 15.4. The summed E-state index contributed by atoms with van der Waals surface area (Å²) in [6.07, 6.45) is 2.40. The molecule has 0 saturated heterocycles. The van der Waals surface area contributed by atoms with Crippen LogP contribution in [-0.4, -0.2) is 26.3 Å². The SMILES string of the molecule is CCCc1nc2c(c(=O)[nH]1)CN(Cc1ccc([N+](=O)[O-])o1)CC2. The summed E-state index contributed by atoms with van der Waals surface area (Å²) in [6.45, 7) is 3.69. The Bertz CT molecular complexity index is 780. The fourth-order valence-corrected chi connectivity index (χ4v) is 2.79. The quantitative estimate of drug-likeness (QED) is 0.665. The molecule has 0 atom stereocenters. The summed E-state index contributed by atoms with van der Waals surface area (Å²) in [5.74, 6) is 1.000. The average molecular weight is 318 g/mol. The lowest BCUT2D eigenvalue weighted by Gasteiger charge is -2.26. The lowest BCUT2D eigenvalue weighted by atomic mass is 10.1. The number of hydrogen-bond acceptors (Lipinski definition) is 6. The molecule has 3 rings (SSSR count). The second-order valence-corrected chi connectivity index (χ2v) is 5.65. The highest BCUT2D eigenvalue weighted by atomic mass is 16.6. The molecule has 0 aromatic carbocycles. The van der Waals surface area contributed by atoms with E-state index in [2.05, 4.69) is 9.97 Å². The summed E-state index contributed by atoms with van der Waals surface area (Å²) in [7, 11) is 0. The van der Waals surface area contributed by atoms with Crippen LogP contribution in [0.3, 0.4) is 0 Å². The predicted octanol–water partition coefficient (Wildman–Crippen LogP) is 1.78. The third-order valence-electron chi connectivity index (χ3n) is 3.89. The minimum Gasteiger partial charge on any atom is -0.404 e. The van der Waals surface area contributed by atoms with E-state index in [9.17, 15) is 14.9 Å². The first-order valence-corrected chi connectivity index (χ1v) is 7.63. The summed E-state index contributed by atoms with van der Waals surface area (Å²) in [5, 5.41) is 10.6. The number of H-pyrrole nitrogens is 1. The van der Waals surface area contributed by atoms with Crippen molar-refractivity contribution in [3.63, 3.8) is 0 Å². The number of aryl methyl sites for hydroxylation is 1. The number of hydrogen-bond donors (Lipinski definition) is 1. The van der Waals surface area contributed by atoms with Crippen molar-refractivity contribution < 1.29 is 9.34 Å². The van der Waals surface area contributed by atoms with E-state index in [0.29, 0.717) is 30.8 Å². The van der Waals surface area contributed by atoms with Crippen molar-refractivity contribution in [2.75, 3.05) is 6.54 Å². The van der Waals surface area contributed by atoms with E-state index in [1.54, 1.807) is 6.07 Å². The molecule has 1 aliphatic heterocycles. The van der Waals surface area contributed by atoms with Gasteiger partial charge in [-0.2, -0.15) is 0 Å². The Labute approximate surface area is 132 Å². The molecule has 0 bridgehead atoms. The summed E-state index contributed by atoms with van der Waals surface area (Å²) in [5.41, 5.74) is 1.45. The minimum absolute atomic E-state index is 0.0893. The van der Waals surface area contributed by atoms with Gasteiger partial charge in [-0.25, -0.2) is 4.98 Å². The predicted molar refractivity (Wildman–Crippen MR) is 82.0 cm³/mol. The van der Waals surface area contributed by atoms with Crippen molar-refractivity contribution in [2.45, 2.75) is 39.3 Å². The van der Waals surface area contributed by atoms with Crippen LogP contribution in [0.5, 0.6) is 0 Å². The molecule has 0 spiro atoms. The van der Waals surface area contributed by atoms with Crippen molar-refractivity contribution in [3.8, 4) is 0 Å². The van der Waals surface area contributed by atoms with Gasteiger partial charge >= 0.3 is 5.88 Å². The Morgan fingerprint density at radius 3 is 3.00 bits per heavy atom. The summed E-state index contributed by atoms with van der Waals surface area (Å²) in [4.78, 5) is 31.7. The molecule has 1 N–H and O–H groups in total. The molecule has 23 heavy (non-hydrogen) atoms. The van der Waals surface area contributed by atoms with E-state index in [1.807, 2.05) is 11.8 Å². The van der Waals surface area contributed by atoms with Gasteiger partial charge in [-0.05, 0) is 12.5 Å². The van der Waals surface area contributed by atoms with Crippen LogP contribution >= 0.6 is 0 Å². The van der Waals surface area contributed by atoms with Gasteiger partial charge in [0.25, 0.3) is 5.56 Å². The van der Waals surface area contributed by atoms with Crippen LogP contribution in [0.2, 0.25) is 0 Å². The van der Waals surface area contributed by atoms with Crippen molar-refractivity contribution in [2.24, 2.45) is 0 Å². The van der Waals surface area contributed by atoms with Crippen molar-refractivity contribution in [3.05, 3.63) is 55.4 Å². The molecule has 3 heterocycles. The highest BCUT2D eigenvalue weighted by Crippen LogP contribution is 2.20. The van der Waals surface area contributed by atoms with Crippen LogP contribution in [0.25, 0.3) is 0 Å². The monoisotopic (exact) mass is 318 g/mol. The third kappa shape index (κ3) is 3.31. The van der Waals surface area contributed by atoms with Crippen LogP contribution in [0.4, 0.5) is 5.88 Å². The Kier molecular flexibility index (Phi) is 4.24. The first-order valence-electron chi connectivity index (χ1n) is 7.63. The Hall–Kier alpha value is -2.48. The molecule has 0 fully saturated rings. The molecular weight excluding hydrogens is 300 g/mol. The zero-order chi connectivity index (χ0) is 16.4. The number of furan rings is 1. The van der Waals surface area contributed by atoms with E-state index in [1.165, 1.54) is 6.07 Å². The van der Waals surface area contributed by atoms with E-state index in [0.717, 1.165) is 30.9 Å². The Morgan fingerprint density at radius 2 is 2.30 bits per heavy atom. The topological polar surface area (TPSA) is 105 Å². The van der Waals surface area contributed by atoms with Crippen LogP contribution < -0.4 is 5.56 Å². The summed E-state index contributed by atoms with van der Waals surface area (Å²) >= 11 is 0. The number of nitrogens with zero attached hydrogens (tertiary/aromatic N) is 3. The number of nitro groups is 1. The molecule has 0 saturated carbocycles. The maximum atomic E-state index is 12.2. The molecule has 0 amide bonds. The Morgan fingerprint density at radius 1 is 1.48 bits per heavy atom. The zero-order valence-electron chi connectivity index (χ0n) is 12.9. The van der Waals surface area contributed by atoms with Gasteiger partial charge in [0.1, 0.15) is 16.5 Å². The smallest absolute Gasteiger partial charge is 0.404 e. The number of nitrogens with one attached hydrogen (secondary N) is 1. The van der Waals surface area contributed by atoms with Crippen LogP contribution in [0.1, 0.15) is 36.2 Å². The Balaban J connectivity index is 1.74. The van der Waals surface area contributed by atoms with Crippen molar-refractivity contribution in [1.82, 2.24) is 14.9 Å². The number of aromatic nitrogens is 2. The largest absolute Gasteiger partial charge is 0.433 e. The first-order chi connectivity index (χ1) is 11.1. The fourth-order valence-electron chi connectivity index (χ4n) is 2.79. The number of rotatable bonds is 5. The van der Waals surface area contributed by atoms with Crippen LogP contribution in [0, 0.1) is 10.1 Å². The molecule has 8 heteroatoms. The molecule has 122 valence electrons. The molecule has 1 aliphatic rings. The second kappa shape index (κ2) is 6.33. The van der Waals surface area contributed by atoms with Gasteiger partial charge in [-0.3, -0.25) is 19.8 Å². The average Bonchev–Trinajstić information content (AvgIpc) is 2.97. The molecule has 2 aromatic heterocycles. The lowest BCUT2D eigenvalue weighted by Crippen LogP contribution is -2.35. The maximum Gasteiger partial charge on any atom is 0.433 e. The van der Waals surface area contributed by atoms with E-state index in [-0.39, 0.29) is 11.4 Å². The number of aromatic amines is 1. The van der Waals surface area contributed by atoms with Gasteiger partial charge in [0, 0.05) is 25.9 Å². The number of fused-ring (bicyclic) bond motifs is 1. The molecule has 0 unspecified atom stereocenters. The van der Waals surface area contributed by atoms with Gasteiger partial charge < -0.3 is 9.40 Å². The highest BCUT2D eigenvalue weighted by Gasteiger charge is 2.22. The highest BCUT2D eigenvalue weighted by molar-refractivity contribution is 5.22. The molecule has 2 aromatic rings. The van der Waals surface area contributed by atoms with E-state index in [4.69, 9.17) is 4.42 Å². The molecule has 0 aliphatic carbocycles.